The van der Waals surface area contributed by atoms with E-state index < -0.39 is 0 Å². The van der Waals surface area contributed by atoms with E-state index in [1.54, 1.807) is 0 Å². The minimum Gasteiger partial charge on any atom is -0.305 e. The Balaban J connectivity index is 2.39. The minimum absolute atomic E-state index is 0.654. The molecule has 0 aromatic carbocycles. The first-order valence-corrected chi connectivity index (χ1v) is 5.10. The van der Waals surface area contributed by atoms with E-state index in [0.29, 0.717) is 6.04 Å². The van der Waals surface area contributed by atoms with Gasteiger partial charge < -0.3 is 4.90 Å². The Morgan fingerprint density at radius 3 is 2.92 bits per heavy atom. The summed E-state index contributed by atoms with van der Waals surface area (Å²) in [5.74, 6) is 2.71. The van der Waals surface area contributed by atoms with Crippen LogP contribution in [0.5, 0.6) is 0 Å². The van der Waals surface area contributed by atoms with Gasteiger partial charge in [-0.1, -0.05) is 0 Å². The maximum Gasteiger partial charge on any atom is 0.0214 e. The molecule has 2 nitrogen and oxygen atoms in total. The summed E-state index contributed by atoms with van der Waals surface area (Å²) in [6.45, 7) is 6.94. The average Bonchev–Trinajstić information content (AvgIpc) is 2.24. The molecule has 0 radical (unpaired) electrons. The van der Waals surface area contributed by atoms with Crippen LogP contribution in [0.25, 0.3) is 0 Å². The van der Waals surface area contributed by atoms with E-state index in [4.69, 9.17) is 6.42 Å². The molecule has 0 amide bonds. The topological polar surface area (TPSA) is 6.48 Å². The van der Waals surface area contributed by atoms with Gasteiger partial charge in [0.2, 0.25) is 0 Å². The Hall–Kier alpha value is -0.520. The van der Waals surface area contributed by atoms with Gasteiger partial charge in [-0.3, -0.25) is 4.90 Å². The second-order valence-corrected chi connectivity index (χ2v) is 3.95. The van der Waals surface area contributed by atoms with Crippen molar-refractivity contribution in [2.45, 2.75) is 25.8 Å². The van der Waals surface area contributed by atoms with Crippen molar-refractivity contribution in [1.82, 2.24) is 9.80 Å². The average molecular weight is 180 g/mol. The van der Waals surface area contributed by atoms with E-state index in [-0.39, 0.29) is 0 Å². The summed E-state index contributed by atoms with van der Waals surface area (Å²) in [5, 5.41) is 0. The summed E-state index contributed by atoms with van der Waals surface area (Å²) >= 11 is 0. The molecule has 0 aliphatic carbocycles. The lowest BCUT2D eigenvalue weighted by molar-refractivity contribution is 0.206. The summed E-state index contributed by atoms with van der Waals surface area (Å²) in [6, 6.07) is 0.654. The Bertz CT molecular complexity index is 183. The summed E-state index contributed by atoms with van der Waals surface area (Å²) in [6.07, 6.45) is 7.42. The van der Waals surface area contributed by atoms with E-state index >= 15 is 0 Å². The second kappa shape index (κ2) is 5.26. The lowest BCUT2D eigenvalue weighted by Crippen LogP contribution is -2.38. The number of hydrogen-bond donors (Lipinski definition) is 0. The van der Waals surface area contributed by atoms with Crippen molar-refractivity contribution >= 4 is 0 Å². The molecule has 2 heteroatoms. The van der Waals surface area contributed by atoms with Crippen molar-refractivity contribution in [3.63, 3.8) is 0 Å². The molecule has 1 aliphatic heterocycles. The van der Waals surface area contributed by atoms with Gasteiger partial charge in [-0.15, -0.1) is 12.3 Å². The highest BCUT2D eigenvalue weighted by Crippen LogP contribution is 2.08. The molecule has 0 aromatic heterocycles. The number of terminal acetylenes is 1. The Morgan fingerprint density at radius 1 is 1.46 bits per heavy atom. The smallest absolute Gasteiger partial charge is 0.0214 e. The van der Waals surface area contributed by atoms with Crippen molar-refractivity contribution in [2.75, 3.05) is 33.2 Å². The molecule has 1 atom stereocenters. The summed E-state index contributed by atoms with van der Waals surface area (Å²) < 4.78 is 0. The zero-order chi connectivity index (χ0) is 9.68. The fourth-order valence-electron chi connectivity index (χ4n) is 1.96. The molecule has 1 aliphatic rings. The highest BCUT2D eigenvalue weighted by atomic mass is 15.2. The van der Waals surface area contributed by atoms with Crippen LogP contribution in [-0.2, 0) is 0 Å². The van der Waals surface area contributed by atoms with Crippen LogP contribution in [0.2, 0.25) is 0 Å². The zero-order valence-electron chi connectivity index (χ0n) is 8.79. The standard InChI is InChI=1S/C11H20N2/c1-4-5-8-13-9-6-7-12(3)10-11(13)2/h1,11H,5-10H2,2-3H3. The number of nitrogens with zero attached hydrogens (tertiary/aromatic N) is 2. The maximum atomic E-state index is 5.27. The fraction of sp³-hybridized carbons (Fsp3) is 0.818. The summed E-state index contributed by atoms with van der Waals surface area (Å²) in [4.78, 5) is 4.91. The van der Waals surface area contributed by atoms with Crippen molar-refractivity contribution in [3.05, 3.63) is 0 Å². The molecule has 0 bridgehead atoms. The number of likely N-dealkylation sites (N-methyl/N-ethyl adjacent to an activating group) is 1. The van der Waals surface area contributed by atoms with E-state index in [1.807, 2.05) is 0 Å². The predicted molar refractivity (Wildman–Crippen MR) is 56.6 cm³/mol. The first kappa shape index (κ1) is 10.6. The van der Waals surface area contributed by atoms with E-state index in [0.717, 1.165) is 13.0 Å². The highest BCUT2D eigenvalue weighted by Gasteiger charge is 2.18. The van der Waals surface area contributed by atoms with Crippen LogP contribution < -0.4 is 0 Å². The van der Waals surface area contributed by atoms with Crippen LogP contribution in [-0.4, -0.2) is 49.1 Å². The molecule has 0 spiro atoms. The molecule has 1 rings (SSSR count). The molecular formula is C11H20N2. The zero-order valence-corrected chi connectivity index (χ0v) is 8.79. The van der Waals surface area contributed by atoms with E-state index in [2.05, 4.69) is 29.7 Å². The molecule has 0 N–H and O–H groups in total. The van der Waals surface area contributed by atoms with Crippen molar-refractivity contribution in [3.8, 4) is 12.3 Å². The normalized spacial score (nSPS) is 26.7. The van der Waals surface area contributed by atoms with Gasteiger partial charge >= 0.3 is 0 Å². The third-order valence-electron chi connectivity index (χ3n) is 2.73. The van der Waals surface area contributed by atoms with Crippen LogP contribution in [0.4, 0.5) is 0 Å². The van der Waals surface area contributed by atoms with Crippen LogP contribution in [0, 0.1) is 12.3 Å². The summed E-state index contributed by atoms with van der Waals surface area (Å²) in [5.41, 5.74) is 0. The van der Waals surface area contributed by atoms with Gasteiger partial charge in [-0.05, 0) is 33.5 Å². The molecular weight excluding hydrogens is 160 g/mol. The lowest BCUT2D eigenvalue weighted by atomic mass is 10.2. The lowest BCUT2D eigenvalue weighted by Gasteiger charge is -2.26. The first-order valence-electron chi connectivity index (χ1n) is 5.10. The van der Waals surface area contributed by atoms with Crippen molar-refractivity contribution in [1.29, 1.82) is 0 Å². The third kappa shape index (κ3) is 3.38. The van der Waals surface area contributed by atoms with Crippen LogP contribution in [0.3, 0.4) is 0 Å². The Labute approximate surface area is 81.9 Å². The minimum atomic E-state index is 0.654. The largest absolute Gasteiger partial charge is 0.305 e. The first-order chi connectivity index (χ1) is 6.24. The molecule has 74 valence electrons. The van der Waals surface area contributed by atoms with Gasteiger partial charge in [0.1, 0.15) is 0 Å². The van der Waals surface area contributed by atoms with Gasteiger partial charge in [0.05, 0.1) is 0 Å². The van der Waals surface area contributed by atoms with Gasteiger partial charge in [0.15, 0.2) is 0 Å². The number of rotatable bonds is 2. The quantitative estimate of drug-likeness (QED) is 0.586. The Morgan fingerprint density at radius 2 is 2.23 bits per heavy atom. The van der Waals surface area contributed by atoms with Gasteiger partial charge in [0, 0.05) is 25.6 Å². The molecule has 1 heterocycles. The van der Waals surface area contributed by atoms with Crippen LogP contribution in [0.15, 0.2) is 0 Å². The molecule has 1 fully saturated rings. The monoisotopic (exact) mass is 180 g/mol. The van der Waals surface area contributed by atoms with Crippen LogP contribution in [0.1, 0.15) is 19.8 Å². The molecule has 0 saturated carbocycles. The molecule has 13 heavy (non-hydrogen) atoms. The van der Waals surface area contributed by atoms with Crippen molar-refractivity contribution in [2.24, 2.45) is 0 Å². The Kier molecular flexibility index (Phi) is 4.27. The molecule has 1 saturated heterocycles. The second-order valence-electron chi connectivity index (χ2n) is 3.95. The predicted octanol–water partition coefficient (Wildman–Crippen LogP) is 1.04. The molecule has 0 aromatic rings. The van der Waals surface area contributed by atoms with Crippen molar-refractivity contribution < 1.29 is 0 Å². The fourth-order valence-corrected chi connectivity index (χ4v) is 1.96. The van der Waals surface area contributed by atoms with Crippen LogP contribution >= 0.6 is 0 Å². The van der Waals surface area contributed by atoms with E-state index in [1.165, 1.54) is 26.1 Å². The highest BCUT2D eigenvalue weighted by molar-refractivity contribution is 4.86. The summed E-state index contributed by atoms with van der Waals surface area (Å²) in [7, 11) is 2.20. The van der Waals surface area contributed by atoms with Gasteiger partial charge in [0.25, 0.3) is 0 Å². The maximum absolute atomic E-state index is 5.27. The van der Waals surface area contributed by atoms with Gasteiger partial charge in [-0.25, -0.2) is 0 Å². The molecule has 1 unspecified atom stereocenters. The third-order valence-corrected chi connectivity index (χ3v) is 2.73. The number of hydrogen-bond acceptors (Lipinski definition) is 2. The van der Waals surface area contributed by atoms with E-state index in [9.17, 15) is 0 Å². The SMILES string of the molecule is C#CCCN1CCCN(C)CC1C. The van der Waals surface area contributed by atoms with Gasteiger partial charge in [-0.2, -0.15) is 0 Å².